The first-order chi connectivity index (χ1) is 27.9. The molecular weight excluding hydrogens is 709 g/mol. The van der Waals surface area contributed by atoms with E-state index in [9.17, 15) is 19.5 Å². The fourth-order valence-corrected chi connectivity index (χ4v) is 7.33. The van der Waals surface area contributed by atoms with E-state index in [4.69, 9.17) is 10.5 Å². The molecule has 332 valence electrons. The Morgan fingerprint density at radius 2 is 0.947 bits per heavy atom. The molecule has 0 heterocycles. The highest BCUT2D eigenvalue weighted by atomic mass is 16.5. The standard InChI is InChI=1S/C50H92N2O5/c1-3-5-7-9-11-13-14-15-16-17-18-19-20-21-22-23-24-25-26-28-34-38-44-49(54)57-46(40-35-31-27-12-10-8-6-4-2)41-36-32-29-30-33-37-43-48(53)52-47(50(55)56)42-39-45-51/h6,8,12,27,35,40,46-47H,3-5,7,9-11,13-26,28-34,36-39,41-45,51H2,1-2H3,(H,52,53)(H,55,56)/b8-6-,27-12-,40-35-. The van der Waals surface area contributed by atoms with E-state index >= 15 is 0 Å². The third-order valence-electron chi connectivity index (χ3n) is 11.0. The number of esters is 1. The van der Waals surface area contributed by atoms with Gasteiger partial charge < -0.3 is 20.9 Å². The van der Waals surface area contributed by atoms with Crippen molar-refractivity contribution in [3.8, 4) is 0 Å². The largest absolute Gasteiger partial charge is 0.480 e. The van der Waals surface area contributed by atoms with Gasteiger partial charge in [-0.1, -0.05) is 205 Å². The molecule has 4 N–H and O–H groups in total. The second-order valence-corrected chi connectivity index (χ2v) is 16.5. The van der Waals surface area contributed by atoms with Gasteiger partial charge in [0.15, 0.2) is 0 Å². The zero-order chi connectivity index (χ0) is 41.7. The summed E-state index contributed by atoms with van der Waals surface area (Å²) in [5.74, 6) is -1.29. The summed E-state index contributed by atoms with van der Waals surface area (Å²) in [6, 6.07) is -0.857. The van der Waals surface area contributed by atoms with E-state index in [1.165, 1.54) is 128 Å². The molecule has 0 fully saturated rings. The van der Waals surface area contributed by atoms with Crippen molar-refractivity contribution in [2.45, 2.75) is 257 Å². The molecule has 0 radical (unpaired) electrons. The SMILES string of the molecule is CC/C=C\C/C=C\C/C=C\C(CCCCCCCCC(=O)NC(CCCN)C(=O)O)OC(=O)CCCCCCCCCCCCCCCCCCCCCCCC. The Hall–Kier alpha value is -2.41. The van der Waals surface area contributed by atoms with Gasteiger partial charge in [0.2, 0.25) is 5.91 Å². The van der Waals surface area contributed by atoms with E-state index in [0.717, 1.165) is 77.0 Å². The number of unbranched alkanes of at least 4 members (excludes halogenated alkanes) is 26. The Bertz CT molecular complexity index is 993. The van der Waals surface area contributed by atoms with Crippen molar-refractivity contribution in [2.24, 2.45) is 5.73 Å². The quantitative estimate of drug-likeness (QED) is 0.0321. The number of allylic oxidation sites excluding steroid dienone is 5. The Kier molecular flexibility index (Phi) is 42.8. The van der Waals surface area contributed by atoms with E-state index in [0.29, 0.717) is 32.2 Å². The summed E-state index contributed by atoms with van der Waals surface area (Å²) in [6.45, 7) is 4.84. The Balaban J connectivity index is 4.08. The minimum atomic E-state index is -1.01. The molecule has 0 aromatic heterocycles. The number of rotatable bonds is 44. The van der Waals surface area contributed by atoms with Crippen LogP contribution in [0.5, 0.6) is 0 Å². The lowest BCUT2D eigenvalue weighted by atomic mass is 10.0. The topological polar surface area (TPSA) is 119 Å². The van der Waals surface area contributed by atoms with Crippen LogP contribution in [0.2, 0.25) is 0 Å². The predicted molar refractivity (Wildman–Crippen MR) is 243 cm³/mol. The van der Waals surface area contributed by atoms with Gasteiger partial charge in [-0.3, -0.25) is 9.59 Å². The first-order valence-electron chi connectivity index (χ1n) is 24.3. The van der Waals surface area contributed by atoms with Gasteiger partial charge in [0.05, 0.1) is 0 Å². The van der Waals surface area contributed by atoms with Crippen LogP contribution in [-0.2, 0) is 19.1 Å². The first-order valence-corrected chi connectivity index (χ1v) is 24.3. The number of nitrogens with one attached hydrogen (secondary N) is 1. The maximum Gasteiger partial charge on any atom is 0.326 e. The molecule has 0 rings (SSSR count). The van der Waals surface area contributed by atoms with E-state index in [1.54, 1.807) is 0 Å². The van der Waals surface area contributed by atoms with Crippen LogP contribution in [0.15, 0.2) is 36.5 Å². The number of hydrogen-bond acceptors (Lipinski definition) is 5. The molecule has 0 saturated heterocycles. The molecule has 7 heteroatoms. The molecule has 0 aliphatic rings. The minimum absolute atomic E-state index is 0.0792. The molecule has 2 atom stereocenters. The van der Waals surface area contributed by atoms with Crippen LogP contribution >= 0.6 is 0 Å². The average Bonchev–Trinajstić information content (AvgIpc) is 3.20. The van der Waals surface area contributed by atoms with Gasteiger partial charge in [-0.05, 0) is 70.4 Å². The maximum atomic E-state index is 12.8. The van der Waals surface area contributed by atoms with Crippen LogP contribution in [0.25, 0.3) is 0 Å². The van der Waals surface area contributed by atoms with Crippen molar-refractivity contribution >= 4 is 17.8 Å². The van der Waals surface area contributed by atoms with Crippen molar-refractivity contribution in [3.63, 3.8) is 0 Å². The van der Waals surface area contributed by atoms with Gasteiger partial charge >= 0.3 is 11.9 Å². The molecule has 0 aromatic rings. The molecule has 0 aliphatic heterocycles. The number of amides is 1. The summed E-state index contributed by atoms with van der Waals surface area (Å²) in [5.41, 5.74) is 5.48. The second-order valence-electron chi connectivity index (χ2n) is 16.5. The van der Waals surface area contributed by atoms with E-state index in [1.807, 2.05) is 0 Å². The zero-order valence-corrected chi connectivity index (χ0v) is 37.4. The van der Waals surface area contributed by atoms with Gasteiger partial charge in [0.25, 0.3) is 0 Å². The number of hydrogen-bond donors (Lipinski definition) is 3. The molecule has 2 unspecified atom stereocenters. The number of carbonyl (C=O) groups is 3. The van der Waals surface area contributed by atoms with Crippen LogP contribution in [0.4, 0.5) is 0 Å². The summed E-state index contributed by atoms with van der Waals surface area (Å²) in [4.78, 5) is 36.3. The highest BCUT2D eigenvalue weighted by Gasteiger charge is 2.18. The first kappa shape index (κ1) is 54.6. The lowest BCUT2D eigenvalue weighted by molar-refractivity contribution is -0.147. The van der Waals surface area contributed by atoms with Crippen LogP contribution in [0.1, 0.15) is 245 Å². The zero-order valence-electron chi connectivity index (χ0n) is 37.4. The van der Waals surface area contributed by atoms with Crippen LogP contribution in [0.3, 0.4) is 0 Å². The summed E-state index contributed by atoms with van der Waals surface area (Å²) in [5, 5.41) is 11.9. The Labute approximate surface area is 352 Å². The Morgan fingerprint density at radius 3 is 1.40 bits per heavy atom. The summed E-state index contributed by atoms with van der Waals surface area (Å²) in [7, 11) is 0. The third kappa shape index (κ3) is 41.5. The second kappa shape index (κ2) is 44.7. The van der Waals surface area contributed by atoms with Crippen LogP contribution in [-0.4, -0.2) is 41.6 Å². The highest BCUT2D eigenvalue weighted by Crippen LogP contribution is 2.17. The number of ether oxygens (including phenoxy) is 1. The fraction of sp³-hybridized carbons (Fsp3) is 0.820. The number of carbonyl (C=O) groups excluding carboxylic acids is 2. The molecule has 0 bridgehead atoms. The van der Waals surface area contributed by atoms with E-state index in [2.05, 4.69) is 55.6 Å². The maximum absolute atomic E-state index is 12.8. The molecule has 57 heavy (non-hydrogen) atoms. The Morgan fingerprint density at radius 1 is 0.526 bits per heavy atom. The van der Waals surface area contributed by atoms with Gasteiger partial charge in [0.1, 0.15) is 12.1 Å². The van der Waals surface area contributed by atoms with E-state index in [-0.39, 0.29) is 18.0 Å². The van der Waals surface area contributed by atoms with Crippen molar-refractivity contribution in [2.75, 3.05) is 6.54 Å². The van der Waals surface area contributed by atoms with Crippen molar-refractivity contribution in [1.29, 1.82) is 0 Å². The molecule has 0 aromatic carbocycles. The number of nitrogens with two attached hydrogens (primary N) is 1. The van der Waals surface area contributed by atoms with Crippen molar-refractivity contribution in [1.82, 2.24) is 5.32 Å². The third-order valence-corrected chi connectivity index (χ3v) is 11.0. The molecule has 0 aliphatic carbocycles. The molecule has 1 amide bonds. The van der Waals surface area contributed by atoms with Crippen LogP contribution in [0, 0.1) is 0 Å². The van der Waals surface area contributed by atoms with Gasteiger partial charge in [-0.2, -0.15) is 0 Å². The smallest absolute Gasteiger partial charge is 0.326 e. The fourth-order valence-electron chi connectivity index (χ4n) is 7.33. The molecular formula is C50H92N2O5. The van der Waals surface area contributed by atoms with Gasteiger partial charge in [-0.15, -0.1) is 0 Å². The van der Waals surface area contributed by atoms with Crippen molar-refractivity contribution < 1.29 is 24.2 Å². The van der Waals surface area contributed by atoms with Gasteiger partial charge in [-0.25, -0.2) is 4.79 Å². The lowest BCUT2D eigenvalue weighted by Gasteiger charge is -2.15. The highest BCUT2D eigenvalue weighted by molar-refractivity contribution is 5.83. The van der Waals surface area contributed by atoms with E-state index < -0.39 is 12.0 Å². The monoisotopic (exact) mass is 801 g/mol. The lowest BCUT2D eigenvalue weighted by Crippen LogP contribution is -2.40. The average molecular weight is 801 g/mol. The number of aliphatic carboxylic acids is 1. The normalized spacial score (nSPS) is 12.9. The molecule has 0 spiro atoms. The number of carboxylic acids is 1. The summed E-state index contributed by atoms with van der Waals surface area (Å²) < 4.78 is 5.95. The predicted octanol–water partition coefficient (Wildman–Crippen LogP) is 14.2. The molecule has 0 saturated carbocycles. The van der Waals surface area contributed by atoms with Gasteiger partial charge in [0, 0.05) is 12.8 Å². The minimum Gasteiger partial charge on any atom is -0.480 e. The molecule has 7 nitrogen and oxygen atoms in total. The summed E-state index contributed by atoms with van der Waals surface area (Å²) >= 11 is 0. The number of carboxylic acid groups (broad SMARTS) is 1. The van der Waals surface area contributed by atoms with Crippen LogP contribution < -0.4 is 11.1 Å². The van der Waals surface area contributed by atoms with Crippen molar-refractivity contribution in [3.05, 3.63) is 36.5 Å². The summed E-state index contributed by atoms with van der Waals surface area (Å²) in [6.07, 6.45) is 53.8.